The molecule has 26 heteroatoms. The topological polar surface area (TPSA) is 255 Å². The minimum absolute atomic E-state index is 0.0351. The number of H-pyrrole nitrogens is 1. The van der Waals surface area contributed by atoms with Crippen LogP contribution in [0.4, 0.5) is 20.5 Å². The highest BCUT2D eigenvalue weighted by molar-refractivity contribution is 8.44. The van der Waals surface area contributed by atoms with Gasteiger partial charge in [0.2, 0.25) is 11.9 Å². The molecule has 5 N–H and O–H groups in total. The Kier molecular flexibility index (Phi) is 9.33. The molecule has 3 aliphatic rings. The van der Waals surface area contributed by atoms with E-state index in [0.29, 0.717) is 0 Å². The van der Waals surface area contributed by atoms with Gasteiger partial charge in [-0.2, -0.15) is 4.98 Å². The number of aromatic amines is 1. The molecule has 3 saturated heterocycles. The molecule has 270 valence electrons. The number of nitrogens with two attached hydrogens (primary N) is 1. The number of imidazole rings is 2. The number of halogens is 2. The number of rotatable bonds is 4. The van der Waals surface area contributed by atoms with Gasteiger partial charge in [-0.15, -0.1) is 0 Å². The van der Waals surface area contributed by atoms with Crippen molar-refractivity contribution in [3.63, 3.8) is 0 Å². The first kappa shape index (κ1) is 35.4. The number of aromatic nitrogens is 8. The summed E-state index contributed by atoms with van der Waals surface area (Å²) in [5, 5.41) is 2.45. The molecule has 3 aliphatic heterocycles. The molecule has 0 bridgehead atoms. The van der Waals surface area contributed by atoms with Crippen LogP contribution in [0.2, 0.25) is 0 Å². The van der Waals surface area contributed by atoms with E-state index in [1.165, 1.54) is 10.9 Å². The maximum Gasteiger partial charge on any atom is 0.386 e. The van der Waals surface area contributed by atoms with E-state index in [1.807, 2.05) is 0 Å². The molecule has 4 aromatic heterocycles. The molecule has 0 saturated carbocycles. The van der Waals surface area contributed by atoms with Crippen molar-refractivity contribution in [2.45, 2.75) is 63.1 Å². The zero-order chi connectivity index (χ0) is 35.7. The number of nitrogens with zero attached hydrogens (tertiary/aromatic N) is 7. The van der Waals surface area contributed by atoms with Crippen LogP contribution < -0.4 is 16.6 Å². The Morgan fingerprint density at radius 1 is 1.04 bits per heavy atom. The second-order valence-corrected chi connectivity index (χ2v) is 17.3. The van der Waals surface area contributed by atoms with Crippen LogP contribution in [0, 0.1) is 5.92 Å². The van der Waals surface area contributed by atoms with E-state index in [-0.39, 0.29) is 34.1 Å². The van der Waals surface area contributed by atoms with E-state index in [4.69, 9.17) is 45.1 Å². The van der Waals surface area contributed by atoms with Crippen molar-refractivity contribution in [2.75, 3.05) is 24.3 Å². The van der Waals surface area contributed by atoms with Gasteiger partial charge < -0.3 is 24.6 Å². The van der Waals surface area contributed by atoms with Gasteiger partial charge in [0, 0.05) is 5.92 Å². The number of carbonyl (C=O) groups is 1. The fourth-order valence-electron chi connectivity index (χ4n) is 5.55. The first-order valence-corrected chi connectivity index (χ1v) is 20.0. The van der Waals surface area contributed by atoms with Crippen LogP contribution in [0.3, 0.4) is 0 Å². The minimum atomic E-state index is -4.48. The highest BCUT2D eigenvalue weighted by atomic mass is 32.7. The van der Waals surface area contributed by atoms with Gasteiger partial charge in [-0.25, -0.2) is 33.3 Å². The van der Waals surface area contributed by atoms with Crippen LogP contribution in [0.5, 0.6) is 0 Å². The molecule has 0 radical (unpaired) electrons. The SMILES string of the molecule is CC(C)C(=O)Nc1nc2c(ncn2[C@@H]2O[C@@H]3COP(O)(=S)O[C@H]4[C@@H](F)[C@H](n5cnc6c(N)ncnc65)O[C@@H]4COP(=O)(S)O[C@H]3[C@H]2F)c(=O)[nH]1. The summed E-state index contributed by atoms with van der Waals surface area (Å²) in [5.41, 5.74) is 5.02. The van der Waals surface area contributed by atoms with Crippen LogP contribution in [-0.2, 0) is 48.7 Å². The number of fused-ring (bicyclic) bond motifs is 4. The maximum absolute atomic E-state index is 16.3. The summed E-state index contributed by atoms with van der Waals surface area (Å²) in [6, 6.07) is 0. The van der Waals surface area contributed by atoms with E-state index in [9.17, 15) is 19.0 Å². The van der Waals surface area contributed by atoms with Crippen LogP contribution >= 0.6 is 25.8 Å². The summed E-state index contributed by atoms with van der Waals surface area (Å²) in [5.74, 6) is -1.09. The number of alkyl halides is 2. The largest absolute Gasteiger partial charge is 0.386 e. The van der Waals surface area contributed by atoms with Crippen molar-refractivity contribution >= 4 is 77.6 Å². The smallest absolute Gasteiger partial charge is 0.382 e. The molecule has 0 aliphatic carbocycles. The number of amides is 1. The molecule has 2 unspecified atom stereocenters. The predicted molar refractivity (Wildman–Crippen MR) is 174 cm³/mol. The third-order valence-corrected chi connectivity index (χ3v) is 11.2. The van der Waals surface area contributed by atoms with E-state index in [0.717, 1.165) is 17.2 Å². The number of nitrogen functional groups attached to an aromatic ring is 1. The molecule has 1 amide bonds. The lowest BCUT2D eigenvalue weighted by molar-refractivity contribution is -0.118. The molecule has 0 aromatic carbocycles. The number of ether oxygens (including phenoxy) is 2. The molecule has 4 aromatic rings. The van der Waals surface area contributed by atoms with Crippen LogP contribution in [-0.4, -0.2) is 99.8 Å². The minimum Gasteiger partial charge on any atom is -0.382 e. The lowest BCUT2D eigenvalue weighted by Crippen LogP contribution is -2.37. The number of hydrogen-bond donors (Lipinski definition) is 5. The fourth-order valence-corrected chi connectivity index (χ4v) is 8.47. The molecule has 7 rings (SSSR count). The monoisotopic (exact) mass is 780 g/mol. The quantitative estimate of drug-likeness (QED) is 0.146. The lowest BCUT2D eigenvalue weighted by Gasteiger charge is -2.29. The maximum atomic E-state index is 16.3. The van der Waals surface area contributed by atoms with E-state index >= 15 is 8.78 Å². The Hall–Kier alpha value is -3.02. The van der Waals surface area contributed by atoms with Crippen molar-refractivity contribution < 1.29 is 50.6 Å². The van der Waals surface area contributed by atoms with Gasteiger partial charge in [-0.1, -0.05) is 26.1 Å². The number of thiol groups is 1. The molecule has 7 heterocycles. The standard InChI is InChI=1S/C24H28F2N10O10P2S2/c1-8(2)20(37)33-24-32-19-14(21(38)34-24)31-7-36(19)23-12(26)16-10(44-23)4-42-47(39,49)45-15-9(3-41-48(40,50)46-16)43-22(11(15)25)35-6-30-13-17(27)28-5-29-18(13)35/h5-12,15-16,22-23H,3-4H2,1-2H3,(H,39,49)(H,40,50)(H2,27,28,29)(H2,32,33,34,37,38)/t9-,10-,11-,12-,15-,16-,22-,23-,47?,48?/m1/s1. The van der Waals surface area contributed by atoms with Crippen LogP contribution in [0.1, 0.15) is 26.3 Å². The van der Waals surface area contributed by atoms with Gasteiger partial charge in [0.15, 0.2) is 47.4 Å². The van der Waals surface area contributed by atoms with Gasteiger partial charge >= 0.3 is 13.5 Å². The molecular formula is C24H28F2N10O10P2S2. The van der Waals surface area contributed by atoms with Crippen molar-refractivity contribution in [3.05, 3.63) is 29.3 Å². The van der Waals surface area contributed by atoms with Crippen molar-refractivity contribution in [3.8, 4) is 0 Å². The second-order valence-electron chi connectivity index (χ2n) is 11.7. The Morgan fingerprint density at radius 3 is 2.30 bits per heavy atom. The summed E-state index contributed by atoms with van der Waals surface area (Å²) >= 11 is 9.17. The Bertz CT molecular complexity index is 2120. The summed E-state index contributed by atoms with van der Waals surface area (Å²) in [6.07, 6.45) is -10.1. The van der Waals surface area contributed by atoms with Gasteiger partial charge in [-0.05, 0) is 11.8 Å². The number of anilines is 2. The first-order valence-electron chi connectivity index (χ1n) is 14.7. The average molecular weight is 781 g/mol. The normalized spacial score (nSPS) is 35.1. The first-order chi connectivity index (χ1) is 23.6. The third-order valence-electron chi connectivity index (χ3n) is 7.98. The van der Waals surface area contributed by atoms with Crippen molar-refractivity contribution in [1.29, 1.82) is 0 Å². The zero-order valence-corrected chi connectivity index (χ0v) is 29.2. The molecular weight excluding hydrogens is 752 g/mol. The summed E-state index contributed by atoms with van der Waals surface area (Å²) in [4.78, 5) is 58.5. The van der Waals surface area contributed by atoms with Gasteiger partial charge in [0.05, 0.1) is 25.9 Å². The summed E-state index contributed by atoms with van der Waals surface area (Å²) in [7, 11) is 0. The number of carbonyl (C=O) groups excluding carboxylic acids is 1. The average Bonchev–Trinajstić information content (AvgIpc) is 3.80. The highest BCUT2D eigenvalue weighted by Crippen LogP contribution is 2.58. The Balaban J connectivity index is 1.15. The molecule has 50 heavy (non-hydrogen) atoms. The van der Waals surface area contributed by atoms with E-state index < -0.39 is 93.3 Å². The van der Waals surface area contributed by atoms with Crippen LogP contribution in [0.15, 0.2) is 23.8 Å². The van der Waals surface area contributed by atoms with Crippen LogP contribution in [0.25, 0.3) is 22.3 Å². The Morgan fingerprint density at radius 2 is 1.64 bits per heavy atom. The molecule has 3 fully saturated rings. The van der Waals surface area contributed by atoms with E-state index in [1.54, 1.807) is 13.8 Å². The predicted octanol–water partition coefficient (Wildman–Crippen LogP) is 1.68. The number of nitrogens with one attached hydrogen (secondary N) is 2. The molecule has 10 atom stereocenters. The van der Waals surface area contributed by atoms with Gasteiger partial charge in [-0.3, -0.25) is 42.6 Å². The molecule has 0 spiro atoms. The van der Waals surface area contributed by atoms with Crippen molar-refractivity contribution in [2.24, 2.45) is 5.92 Å². The zero-order valence-electron chi connectivity index (χ0n) is 25.7. The Labute approximate surface area is 289 Å². The fraction of sp³-hybridized carbons (Fsp3) is 0.542. The summed E-state index contributed by atoms with van der Waals surface area (Å²) in [6.45, 7) is -6.96. The van der Waals surface area contributed by atoms with Gasteiger partial charge in [0.1, 0.15) is 36.3 Å². The number of hydrogen-bond acceptors (Lipinski definition) is 16. The van der Waals surface area contributed by atoms with Crippen molar-refractivity contribution in [1.82, 2.24) is 39.0 Å². The van der Waals surface area contributed by atoms with Gasteiger partial charge in [0.25, 0.3) is 5.56 Å². The lowest BCUT2D eigenvalue weighted by atomic mass is 10.1. The highest BCUT2D eigenvalue weighted by Gasteiger charge is 2.54. The molecule has 20 nitrogen and oxygen atoms in total. The third kappa shape index (κ3) is 6.58. The second kappa shape index (κ2) is 13.2. The summed E-state index contributed by atoms with van der Waals surface area (Å²) < 4.78 is 81.8. The van der Waals surface area contributed by atoms with E-state index in [2.05, 4.69) is 47.5 Å².